The summed E-state index contributed by atoms with van der Waals surface area (Å²) < 4.78 is 37.9. The van der Waals surface area contributed by atoms with Crippen LogP contribution in [0.1, 0.15) is 44.4 Å². The maximum atomic E-state index is 12.6. The van der Waals surface area contributed by atoms with E-state index in [-0.39, 0.29) is 5.91 Å². The lowest BCUT2D eigenvalue weighted by atomic mass is 9.95. The first-order valence-corrected chi connectivity index (χ1v) is 6.55. The van der Waals surface area contributed by atoms with Crippen molar-refractivity contribution in [1.29, 1.82) is 0 Å². The third kappa shape index (κ3) is 3.30. The molecule has 0 saturated carbocycles. The van der Waals surface area contributed by atoms with E-state index >= 15 is 0 Å². The van der Waals surface area contributed by atoms with Crippen LogP contribution in [0.3, 0.4) is 0 Å². The Morgan fingerprint density at radius 1 is 1.35 bits per heavy atom. The Kier molecular flexibility index (Phi) is 5.16. The number of rotatable bonds is 0. The van der Waals surface area contributed by atoms with E-state index in [0.717, 1.165) is 12.1 Å². The molecule has 0 radical (unpaired) electrons. The number of carbonyl (C=O) groups is 1. The summed E-state index contributed by atoms with van der Waals surface area (Å²) in [6.45, 7) is 5.83. The van der Waals surface area contributed by atoms with Gasteiger partial charge in [-0.1, -0.05) is 13.8 Å². The van der Waals surface area contributed by atoms with Crippen LogP contribution in [0.2, 0.25) is 0 Å². The highest BCUT2D eigenvalue weighted by Gasteiger charge is 2.33. The van der Waals surface area contributed by atoms with Crippen LogP contribution in [-0.2, 0) is 11.0 Å². The molecule has 0 spiro atoms. The maximum absolute atomic E-state index is 12.6. The van der Waals surface area contributed by atoms with Gasteiger partial charge < -0.3 is 10.6 Å². The van der Waals surface area contributed by atoms with Crippen LogP contribution in [-0.4, -0.2) is 12.5 Å². The third-order valence-electron chi connectivity index (χ3n) is 3.09. The minimum Gasteiger partial charge on any atom is -0.324 e. The highest BCUT2D eigenvalue weighted by Crippen LogP contribution is 2.37. The number of fused-ring (bicyclic) bond motifs is 1. The van der Waals surface area contributed by atoms with Gasteiger partial charge in [0.05, 0.1) is 5.56 Å². The predicted molar refractivity (Wildman–Crippen MR) is 72.4 cm³/mol. The number of nitrogens with zero attached hydrogens (tertiary/aromatic N) is 1. The van der Waals surface area contributed by atoms with Gasteiger partial charge in [0, 0.05) is 25.2 Å². The molecule has 1 amide bonds. The molecule has 0 unspecified atom stereocenters. The maximum Gasteiger partial charge on any atom is 0.416 e. The topological polar surface area (TPSA) is 46.3 Å². The van der Waals surface area contributed by atoms with Crippen molar-refractivity contribution in [3.05, 3.63) is 29.3 Å². The lowest BCUT2D eigenvalue weighted by Gasteiger charge is -2.32. The summed E-state index contributed by atoms with van der Waals surface area (Å²) in [5, 5.41) is 0. The van der Waals surface area contributed by atoms with E-state index in [4.69, 9.17) is 5.73 Å². The van der Waals surface area contributed by atoms with Crippen LogP contribution in [0, 0.1) is 0 Å². The molecular formula is C14H19F3N2O. The van der Waals surface area contributed by atoms with Gasteiger partial charge in [-0.3, -0.25) is 4.79 Å². The molecule has 3 nitrogen and oxygen atoms in total. The molecule has 1 aromatic rings. The molecular weight excluding hydrogens is 269 g/mol. The summed E-state index contributed by atoms with van der Waals surface area (Å²) in [6.07, 6.45) is -3.93. The Balaban J connectivity index is 0.000000956. The molecule has 0 bridgehead atoms. The number of carbonyl (C=O) groups excluding carboxylic acids is 1. The first-order chi connectivity index (χ1) is 9.30. The Morgan fingerprint density at radius 2 is 1.95 bits per heavy atom. The number of hydrogen-bond acceptors (Lipinski definition) is 2. The monoisotopic (exact) mass is 288 g/mol. The fourth-order valence-corrected chi connectivity index (χ4v) is 2.14. The van der Waals surface area contributed by atoms with E-state index in [1.807, 2.05) is 13.8 Å². The molecule has 0 saturated heterocycles. The molecule has 1 heterocycles. The minimum atomic E-state index is -4.40. The number of amides is 1. The second kappa shape index (κ2) is 6.26. The van der Waals surface area contributed by atoms with Gasteiger partial charge in [0.1, 0.15) is 0 Å². The number of benzene rings is 1. The molecule has 112 valence electrons. The zero-order chi connectivity index (χ0) is 15.5. The van der Waals surface area contributed by atoms with Crippen molar-refractivity contribution in [1.82, 2.24) is 0 Å². The van der Waals surface area contributed by atoms with Gasteiger partial charge in [-0.05, 0) is 30.2 Å². The van der Waals surface area contributed by atoms with E-state index in [1.165, 1.54) is 17.9 Å². The zero-order valence-electron chi connectivity index (χ0n) is 11.8. The SMILES string of the molecule is CC.CC(=O)N1CC[C@H](N)c2cc(C(F)(F)F)ccc21. The molecule has 2 rings (SSSR count). The molecule has 1 aliphatic heterocycles. The summed E-state index contributed by atoms with van der Waals surface area (Å²) in [5.41, 5.74) is 5.94. The first-order valence-electron chi connectivity index (χ1n) is 6.55. The van der Waals surface area contributed by atoms with Gasteiger partial charge >= 0.3 is 6.18 Å². The van der Waals surface area contributed by atoms with Crippen LogP contribution < -0.4 is 10.6 Å². The first kappa shape index (κ1) is 16.5. The fraction of sp³-hybridized carbons (Fsp3) is 0.500. The molecule has 20 heavy (non-hydrogen) atoms. The zero-order valence-corrected chi connectivity index (χ0v) is 11.8. The lowest BCUT2D eigenvalue weighted by molar-refractivity contribution is -0.137. The highest BCUT2D eigenvalue weighted by molar-refractivity contribution is 5.93. The Labute approximate surface area is 116 Å². The summed E-state index contributed by atoms with van der Waals surface area (Å²) in [4.78, 5) is 12.9. The predicted octanol–water partition coefficient (Wildman–Crippen LogP) is 3.49. The number of hydrogen-bond donors (Lipinski definition) is 1. The second-order valence-electron chi connectivity index (χ2n) is 4.34. The van der Waals surface area contributed by atoms with Gasteiger partial charge in [-0.25, -0.2) is 0 Å². The molecule has 0 aliphatic carbocycles. The van der Waals surface area contributed by atoms with Crippen LogP contribution in [0.5, 0.6) is 0 Å². The Hall–Kier alpha value is -1.56. The van der Waals surface area contributed by atoms with Gasteiger partial charge in [0.25, 0.3) is 0 Å². The van der Waals surface area contributed by atoms with Gasteiger partial charge in [-0.2, -0.15) is 13.2 Å². The molecule has 0 fully saturated rings. The van der Waals surface area contributed by atoms with Crippen molar-refractivity contribution in [3.63, 3.8) is 0 Å². The summed E-state index contributed by atoms with van der Waals surface area (Å²) in [6, 6.07) is 2.87. The quantitative estimate of drug-likeness (QED) is 0.794. The van der Waals surface area contributed by atoms with E-state index in [1.54, 1.807) is 0 Å². The Morgan fingerprint density at radius 3 is 2.45 bits per heavy atom. The second-order valence-corrected chi connectivity index (χ2v) is 4.34. The average molecular weight is 288 g/mol. The molecule has 1 aromatic carbocycles. The smallest absolute Gasteiger partial charge is 0.324 e. The average Bonchev–Trinajstić information content (AvgIpc) is 2.39. The number of anilines is 1. The van der Waals surface area contributed by atoms with Gasteiger partial charge in [0.15, 0.2) is 0 Å². The molecule has 2 N–H and O–H groups in total. The van der Waals surface area contributed by atoms with Crippen molar-refractivity contribution in [2.45, 2.75) is 39.4 Å². The normalized spacial score (nSPS) is 17.9. The summed E-state index contributed by atoms with van der Waals surface area (Å²) >= 11 is 0. The van der Waals surface area contributed by atoms with Crippen LogP contribution >= 0.6 is 0 Å². The van der Waals surface area contributed by atoms with Crippen LogP contribution in [0.15, 0.2) is 18.2 Å². The van der Waals surface area contributed by atoms with E-state index < -0.39 is 17.8 Å². The largest absolute Gasteiger partial charge is 0.416 e. The van der Waals surface area contributed by atoms with Crippen molar-refractivity contribution in [3.8, 4) is 0 Å². The standard InChI is InChI=1S/C12H13F3N2O.C2H6/c1-7(18)17-5-4-10(16)9-6-8(12(13,14)15)2-3-11(9)17;1-2/h2-3,6,10H,4-5,16H2,1H3;1-2H3/t10-;/m0./s1. The van der Waals surface area contributed by atoms with Crippen molar-refractivity contribution in [2.24, 2.45) is 5.73 Å². The third-order valence-corrected chi connectivity index (χ3v) is 3.09. The molecule has 1 atom stereocenters. The van der Waals surface area contributed by atoms with Crippen LogP contribution in [0.4, 0.5) is 18.9 Å². The van der Waals surface area contributed by atoms with E-state index in [0.29, 0.717) is 24.2 Å². The van der Waals surface area contributed by atoms with Crippen LogP contribution in [0.25, 0.3) is 0 Å². The van der Waals surface area contributed by atoms with E-state index in [9.17, 15) is 18.0 Å². The number of nitrogens with two attached hydrogens (primary N) is 1. The minimum absolute atomic E-state index is 0.192. The lowest BCUT2D eigenvalue weighted by Crippen LogP contribution is -2.37. The summed E-state index contributed by atoms with van der Waals surface area (Å²) in [7, 11) is 0. The van der Waals surface area contributed by atoms with Gasteiger partial charge in [0.2, 0.25) is 5.91 Å². The molecule has 6 heteroatoms. The fourth-order valence-electron chi connectivity index (χ4n) is 2.14. The van der Waals surface area contributed by atoms with E-state index in [2.05, 4.69) is 0 Å². The van der Waals surface area contributed by atoms with Crippen molar-refractivity contribution >= 4 is 11.6 Å². The Bertz CT molecular complexity index is 486. The van der Waals surface area contributed by atoms with Crippen molar-refractivity contribution in [2.75, 3.05) is 11.4 Å². The number of alkyl halides is 3. The highest BCUT2D eigenvalue weighted by atomic mass is 19.4. The van der Waals surface area contributed by atoms with Crippen molar-refractivity contribution < 1.29 is 18.0 Å². The van der Waals surface area contributed by atoms with Gasteiger partial charge in [-0.15, -0.1) is 0 Å². The molecule has 1 aliphatic rings. The molecule has 0 aromatic heterocycles. The number of halogens is 3. The summed E-state index contributed by atoms with van der Waals surface area (Å²) in [5.74, 6) is -0.192.